The third-order valence-corrected chi connectivity index (χ3v) is 6.64. The van der Waals surface area contributed by atoms with Gasteiger partial charge in [-0.3, -0.25) is 19.3 Å². The summed E-state index contributed by atoms with van der Waals surface area (Å²) < 4.78 is 0. The van der Waals surface area contributed by atoms with E-state index < -0.39 is 58.0 Å². The molecule has 0 heterocycles. The number of nitrogen functional groups attached to an aromatic ring is 1. The van der Waals surface area contributed by atoms with E-state index in [4.69, 9.17) is 11.5 Å². The van der Waals surface area contributed by atoms with Gasteiger partial charge >= 0.3 is 0 Å². The summed E-state index contributed by atoms with van der Waals surface area (Å²) in [5, 5.41) is 43.3. The Morgan fingerprint density at radius 1 is 1.19 bits per heavy atom. The van der Waals surface area contributed by atoms with Crippen molar-refractivity contribution in [1.29, 1.82) is 0 Å². The number of nitrogens with two attached hydrogens (primary N) is 2. The standard InChI is InChI=1S/C21H23N3O7/c1-24(2)15-9-6-7-5-8-10(22)3-4-11(25)13(8)16(26)12(7)18(28)21(9,31)19(29)14(17(15)27)20(23)30/h3-4,7,9,15,25-26,29,31H,5-6,22H2,1-2H3,(H2,23,30)/t7-,9-,15-,21-/m0/s1. The zero-order chi connectivity index (χ0) is 23.0. The minimum Gasteiger partial charge on any atom is -0.508 e. The lowest BCUT2D eigenvalue weighted by Crippen LogP contribution is -2.65. The van der Waals surface area contributed by atoms with Gasteiger partial charge in [0.2, 0.25) is 5.78 Å². The number of hydrogen-bond donors (Lipinski definition) is 6. The van der Waals surface area contributed by atoms with Gasteiger partial charge in [-0.2, -0.15) is 0 Å². The second kappa shape index (κ2) is 6.56. The van der Waals surface area contributed by atoms with E-state index in [2.05, 4.69) is 0 Å². The van der Waals surface area contributed by atoms with Crippen molar-refractivity contribution in [3.63, 3.8) is 0 Å². The van der Waals surface area contributed by atoms with E-state index in [0.717, 1.165) is 0 Å². The Morgan fingerprint density at radius 2 is 1.84 bits per heavy atom. The Balaban J connectivity index is 1.99. The Bertz CT molecular complexity index is 1120. The minimum absolute atomic E-state index is 0.0173. The smallest absolute Gasteiger partial charge is 0.255 e. The van der Waals surface area contributed by atoms with E-state index >= 15 is 0 Å². The minimum atomic E-state index is -2.64. The molecule has 10 heteroatoms. The van der Waals surface area contributed by atoms with E-state index in [1.54, 1.807) is 14.1 Å². The van der Waals surface area contributed by atoms with Gasteiger partial charge < -0.3 is 31.9 Å². The van der Waals surface area contributed by atoms with Crippen molar-refractivity contribution < 1.29 is 34.8 Å². The third-order valence-electron chi connectivity index (χ3n) is 6.64. The molecular formula is C21H23N3O7. The molecule has 0 radical (unpaired) electrons. The predicted octanol–water partition coefficient (Wildman–Crippen LogP) is -0.454. The second-order valence-corrected chi connectivity index (χ2v) is 8.49. The van der Waals surface area contributed by atoms with Crippen LogP contribution in [-0.4, -0.2) is 68.5 Å². The number of anilines is 1. The van der Waals surface area contributed by atoms with Gasteiger partial charge in [0.1, 0.15) is 22.8 Å². The van der Waals surface area contributed by atoms with Crippen LogP contribution in [0.15, 0.2) is 29.0 Å². The first kappa shape index (κ1) is 20.9. The highest BCUT2D eigenvalue weighted by molar-refractivity contribution is 6.24. The predicted molar refractivity (Wildman–Crippen MR) is 109 cm³/mol. The molecule has 1 amide bonds. The number of primary amides is 1. The fourth-order valence-corrected chi connectivity index (χ4v) is 5.27. The summed E-state index contributed by atoms with van der Waals surface area (Å²) in [5.74, 6) is -6.80. The van der Waals surface area contributed by atoms with E-state index in [1.165, 1.54) is 17.0 Å². The number of carbonyl (C=O) groups is 3. The summed E-state index contributed by atoms with van der Waals surface area (Å²) in [7, 11) is 3.09. The number of benzene rings is 1. The molecule has 0 aliphatic heterocycles. The number of fused-ring (bicyclic) bond motifs is 3. The lowest BCUT2D eigenvalue weighted by Gasteiger charge is -2.50. The van der Waals surface area contributed by atoms with Crippen LogP contribution >= 0.6 is 0 Å². The van der Waals surface area contributed by atoms with Gasteiger partial charge in [-0.05, 0) is 50.6 Å². The summed E-state index contributed by atoms with van der Waals surface area (Å²) in [6.07, 6.45) is 0.204. The van der Waals surface area contributed by atoms with Crippen LogP contribution in [0.4, 0.5) is 5.69 Å². The Morgan fingerprint density at radius 3 is 2.42 bits per heavy atom. The highest BCUT2D eigenvalue weighted by Crippen LogP contribution is 2.53. The molecule has 10 nitrogen and oxygen atoms in total. The van der Waals surface area contributed by atoms with E-state index in [0.29, 0.717) is 11.3 Å². The monoisotopic (exact) mass is 429 g/mol. The first-order valence-corrected chi connectivity index (χ1v) is 9.68. The highest BCUT2D eigenvalue weighted by atomic mass is 16.3. The summed E-state index contributed by atoms with van der Waals surface area (Å²) in [6.45, 7) is 0. The molecule has 1 saturated carbocycles. The second-order valence-electron chi connectivity index (χ2n) is 8.49. The van der Waals surface area contributed by atoms with Crippen LogP contribution in [0.5, 0.6) is 5.75 Å². The highest BCUT2D eigenvalue weighted by Gasteiger charge is 2.64. The van der Waals surface area contributed by atoms with Crippen molar-refractivity contribution in [1.82, 2.24) is 4.90 Å². The first-order valence-electron chi connectivity index (χ1n) is 9.68. The molecule has 0 spiro atoms. The molecule has 0 aromatic heterocycles. The number of phenolic OH excluding ortho intramolecular Hbond substituents is 1. The van der Waals surface area contributed by atoms with Crippen LogP contribution in [0.25, 0.3) is 5.76 Å². The van der Waals surface area contributed by atoms with Gasteiger partial charge in [0.15, 0.2) is 11.4 Å². The molecule has 4 rings (SSSR count). The van der Waals surface area contributed by atoms with Crippen molar-refractivity contribution in [2.24, 2.45) is 17.6 Å². The topological polar surface area (TPSA) is 187 Å². The Labute approximate surface area is 177 Å². The number of hydrogen-bond acceptors (Lipinski definition) is 9. The number of aliphatic hydroxyl groups is 3. The molecule has 4 atom stereocenters. The van der Waals surface area contributed by atoms with Crippen LogP contribution in [0.3, 0.4) is 0 Å². The quantitative estimate of drug-likeness (QED) is 0.205. The number of aromatic hydroxyl groups is 1. The molecule has 3 aliphatic carbocycles. The molecule has 1 fully saturated rings. The maximum Gasteiger partial charge on any atom is 0.255 e. The Hall–Kier alpha value is -3.37. The zero-order valence-corrected chi connectivity index (χ0v) is 16.9. The summed E-state index contributed by atoms with van der Waals surface area (Å²) in [4.78, 5) is 39.8. The largest absolute Gasteiger partial charge is 0.508 e. The molecule has 0 unspecified atom stereocenters. The van der Waals surface area contributed by atoms with Crippen molar-refractivity contribution >= 4 is 28.9 Å². The molecule has 164 valence electrons. The molecule has 1 aromatic carbocycles. The number of likely N-dealkylation sites (N-methyl/N-ethyl adjacent to an activating group) is 1. The number of amides is 1. The fraction of sp³-hybridized carbons (Fsp3) is 0.381. The lowest BCUT2D eigenvalue weighted by atomic mass is 9.57. The number of rotatable bonds is 2. The maximum atomic E-state index is 13.5. The number of carbonyl (C=O) groups excluding carboxylic acids is 3. The summed E-state index contributed by atoms with van der Waals surface area (Å²) in [5.41, 5.74) is 8.35. The van der Waals surface area contributed by atoms with Crippen LogP contribution in [-0.2, 0) is 20.8 Å². The van der Waals surface area contributed by atoms with E-state index in [9.17, 15) is 34.8 Å². The van der Waals surface area contributed by atoms with Gasteiger partial charge in [0, 0.05) is 17.2 Å². The molecule has 3 aliphatic rings. The first-order chi connectivity index (χ1) is 14.4. The summed E-state index contributed by atoms with van der Waals surface area (Å²) in [6, 6.07) is 1.65. The normalized spacial score (nSPS) is 30.3. The number of ketones is 2. The SMILES string of the molecule is CN(C)[C@@H]1C(=O)C(C(N)=O)=C(O)[C@@]2(O)C(=O)C3=C(O)c4c(O)ccc(N)c4C[C@H]3C[C@@H]12. The van der Waals surface area contributed by atoms with Crippen molar-refractivity contribution in [3.8, 4) is 5.75 Å². The van der Waals surface area contributed by atoms with E-state index in [1.807, 2.05) is 0 Å². The Kier molecular flexibility index (Phi) is 4.42. The number of aliphatic hydroxyl groups excluding tert-OH is 2. The molecule has 1 aromatic rings. The van der Waals surface area contributed by atoms with Gasteiger partial charge in [-0.1, -0.05) is 0 Å². The number of nitrogens with zero attached hydrogens (tertiary/aromatic N) is 1. The van der Waals surface area contributed by atoms with Crippen molar-refractivity contribution in [3.05, 3.63) is 40.2 Å². The molecule has 0 bridgehead atoms. The van der Waals surface area contributed by atoms with Crippen LogP contribution in [0.2, 0.25) is 0 Å². The molecular weight excluding hydrogens is 406 g/mol. The zero-order valence-electron chi connectivity index (χ0n) is 16.9. The third kappa shape index (κ3) is 2.55. The van der Waals surface area contributed by atoms with Crippen molar-refractivity contribution in [2.75, 3.05) is 19.8 Å². The van der Waals surface area contributed by atoms with Gasteiger partial charge in [-0.15, -0.1) is 0 Å². The molecule has 31 heavy (non-hydrogen) atoms. The van der Waals surface area contributed by atoms with Crippen LogP contribution in [0.1, 0.15) is 17.5 Å². The summed E-state index contributed by atoms with van der Waals surface area (Å²) >= 11 is 0. The molecule has 0 saturated heterocycles. The molecule has 8 N–H and O–H groups in total. The lowest BCUT2D eigenvalue weighted by molar-refractivity contribution is -0.153. The number of Topliss-reactive ketones (excluding diaryl/α,β-unsaturated/α-hetero) is 2. The number of phenols is 1. The maximum absolute atomic E-state index is 13.5. The van der Waals surface area contributed by atoms with Gasteiger partial charge in [-0.25, -0.2) is 0 Å². The van der Waals surface area contributed by atoms with Gasteiger partial charge in [0.05, 0.1) is 11.6 Å². The van der Waals surface area contributed by atoms with Crippen molar-refractivity contribution in [2.45, 2.75) is 24.5 Å². The average Bonchev–Trinajstić information content (AvgIpc) is 2.67. The fourth-order valence-electron chi connectivity index (χ4n) is 5.27. The van der Waals surface area contributed by atoms with Crippen LogP contribution < -0.4 is 11.5 Å². The van der Waals surface area contributed by atoms with Crippen LogP contribution in [0, 0.1) is 11.8 Å². The van der Waals surface area contributed by atoms with E-state index in [-0.39, 0.29) is 29.7 Å². The van der Waals surface area contributed by atoms with Gasteiger partial charge in [0.25, 0.3) is 5.91 Å². The average molecular weight is 429 g/mol.